The summed E-state index contributed by atoms with van der Waals surface area (Å²) in [6, 6.07) is 12.2. The van der Waals surface area contributed by atoms with Gasteiger partial charge in [0.1, 0.15) is 11.8 Å². The summed E-state index contributed by atoms with van der Waals surface area (Å²) in [4.78, 5) is 21.6. The Hall–Kier alpha value is -3.30. The highest BCUT2D eigenvalue weighted by Crippen LogP contribution is 2.33. The van der Waals surface area contributed by atoms with Crippen LogP contribution < -0.4 is 11.1 Å². The largest absolute Gasteiger partial charge is 0.381 e. The van der Waals surface area contributed by atoms with Gasteiger partial charge in [-0.1, -0.05) is 13.0 Å². The first kappa shape index (κ1) is 21.0. The third-order valence-corrected chi connectivity index (χ3v) is 5.98. The lowest BCUT2D eigenvalue weighted by atomic mass is 9.91. The number of benzene rings is 1. The lowest BCUT2D eigenvalue weighted by molar-refractivity contribution is 0.0982. The first-order valence-electron chi connectivity index (χ1n) is 10.9. The fourth-order valence-electron chi connectivity index (χ4n) is 4.20. The van der Waals surface area contributed by atoms with Gasteiger partial charge in [0.2, 0.25) is 0 Å². The van der Waals surface area contributed by atoms with Gasteiger partial charge < -0.3 is 11.1 Å². The van der Waals surface area contributed by atoms with E-state index in [4.69, 9.17) is 11.0 Å². The van der Waals surface area contributed by atoms with Crippen molar-refractivity contribution >= 4 is 22.4 Å². The monoisotopic (exact) mass is 413 g/mol. The second kappa shape index (κ2) is 9.23. The summed E-state index contributed by atoms with van der Waals surface area (Å²) in [6.07, 6.45) is 8.66. The number of aromatic nitrogens is 2. The molecule has 158 valence electrons. The molecule has 1 fully saturated rings. The van der Waals surface area contributed by atoms with Crippen LogP contribution in [0.4, 0.5) is 5.69 Å². The standard InChI is InChI=1S/C25H27N5O/c1-2-3-24(31)22-15-29-23-11-5-16(17-4-8-20(13-26)28-14-17)12-21(23)25(22)30-19-9-6-18(27)7-10-19/h4-5,8,11-12,14-15,18-19H,2-3,6-7,9-10,27H2,1H3,(H,29,30)/t18-,19-. The maximum Gasteiger partial charge on any atom is 0.166 e. The Kier molecular flexibility index (Phi) is 6.24. The van der Waals surface area contributed by atoms with Gasteiger partial charge in [-0.25, -0.2) is 4.98 Å². The van der Waals surface area contributed by atoms with E-state index in [1.807, 2.05) is 31.2 Å². The summed E-state index contributed by atoms with van der Waals surface area (Å²) in [5, 5.41) is 13.6. The van der Waals surface area contributed by atoms with Crippen molar-refractivity contribution in [1.29, 1.82) is 5.26 Å². The molecule has 0 unspecified atom stereocenters. The lowest BCUT2D eigenvalue weighted by Crippen LogP contribution is -2.33. The average Bonchev–Trinajstić information content (AvgIpc) is 2.80. The van der Waals surface area contributed by atoms with Crippen molar-refractivity contribution in [3.8, 4) is 17.2 Å². The summed E-state index contributed by atoms with van der Waals surface area (Å²) >= 11 is 0. The van der Waals surface area contributed by atoms with Crippen molar-refractivity contribution in [3.05, 3.63) is 54.0 Å². The summed E-state index contributed by atoms with van der Waals surface area (Å²) < 4.78 is 0. The van der Waals surface area contributed by atoms with E-state index in [0.717, 1.165) is 59.8 Å². The van der Waals surface area contributed by atoms with Crippen LogP contribution >= 0.6 is 0 Å². The maximum absolute atomic E-state index is 12.9. The van der Waals surface area contributed by atoms with E-state index in [0.29, 0.717) is 23.7 Å². The number of nitrogens with zero attached hydrogens (tertiary/aromatic N) is 3. The van der Waals surface area contributed by atoms with Gasteiger partial charge in [0, 0.05) is 41.8 Å². The number of ketones is 1. The van der Waals surface area contributed by atoms with Crippen molar-refractivity contribution in [2.45, 2.75) is 57.5 Å². The molecule has 0 aliphatic heterocycles. The third kappa shape index (κ3) is 4.57. The van der Waals surface area contributed by atoms with E-state index < -0.39 is 0 Å². The van der Waals surface area contributed by atoms with Gasteiger partial charge in [-0.15, -0.1) is 0 Å². The average molecular weight is 414 g/mol. The van der Waals surface area contributed by atoms with E-state index in [1.165, 1.54) is 0 Å². The molecular formula is C25H27N5O. The molecule has 6 nitrogen and oxygen atoms in total. The van der Waals surface area contributed by atoms with E-state index in [2.05, 4.69) is 21.4 Å². The number of carbonyl (C=O) groups excluding carboxylic acids is 1. The fourth-order valence-corrected chi connectivity index (χ4v) is 4.20. The third-order valence-electron chi connectivity index (χ3n) is 5.98. The zero-order chi connectivity index (χ0) is 21.8. The number of nitriles is 1. The molecule has 3 N–H and O–H groups in total. The van der Waals surface area contributed by atoms with E-state index in [-0.39, 0.29) is 11.8 Å². The van der Waals surface area contributed by atoms with Crippen LogP contribution in [0.15, 0.2) is 42.7 Å². The van der Waals surface area contributed by atoms with E-state index >= 15 is 0 Å². The number of anilines is 1. The number of Topliss-reactive ketones (excluding diaryl/α,β-unsaturated/α-hetero) is 1. The first-order valence-corrected chi connectivity index (χ1v) is 10.9. The van der Waals surface area contributed by atoms with Crippen LogP contribution in [0, 0.1) is 11.3 Å². The van der Waals surface area contributed by atoms with Gasteiger partial charge in [0.05, 0.1) is 16.8 Å². The molecular weight excluding hydrogens is 386 g/mol. The Morgan fingerprint density at radius 3 is 2.58 bits per heavy atom. The van der Waals surface area contributed by atoms with Crippen molar-refractivity contribution in [3.63, 3.8) is 0 Å². The molecule has 0 amide bonds. The van der Waals surface area contributed by atoms with Crippen LogP contribution in [0.1, 0.15) is 61.5 Å². The normalized spacial score (nSPS) is 18.5. The molecule has 3 aromatic rings. The summed E-state index contributed by atoms with van der Waals surface area (Å²) in [7, 11) is 0. The van der Waals surface area contributed by atoms with Crippen LogP contribution in [0.2, 0.25) is 0 Å². The molecule has 4 rings (SSSR count). The summed E-state index contributed by atoms with van der Waals surface area (Å²) in [5.74, 6) is 0.109. The van der Waals surface area contributed by atoms with Gasteiger partial charge in [-0.2, -0.15) is 5.26 Å². The molecule has 1 aliphatic rings. The number of nitrogens with two attached hydrogens (primary N) is 1. The predicted octanol–water partition coefficient (Wildman–Crippen LogP) is 4.83. The molecule has 0 bridgehead atoms. The first-order chi connectivity index (χ1) is 15.1. The Labute approximate surface area is 182 Å². The topological polar surface area (TPSA) is 105 Å². The SMILES string of the molecule is CCCC(=O)c1cnc2ccc(-c3ccc(C#N)nc3)cc2c1N[C@H]1CC[C@H](N)CC1. The Bertz CT molecular complexity index is 1130. The number of rotatable bonds is 6. The highest BCUT2D eigenvalue weighted by molar-refractivity contribution is 6.08. The summed E-state index contributed by atoms with van der Waals surface area (Å²) in [5.41, 5.74) is 10.7. The predicted molar refractivity (Wildman–Crippen MR) is 123 cm³/mol. The van der Waals surface area contributed by atoms with Crippen molar-refractivity contribution < 1.29 is 4.79 Å². The van der Waals surface area contributed by atoms with Gasteiger partial charge in [0.15, 0.2) is 5.78 Å². The minimum Gasteiger partial charge on any atom is -0.381 e. The van der Waals surface area contributed by atoms with Crippen molar-refractivity contribution in [1.82, 2.24) is 9.97 Å². The number of pyridine rings is 2. The van der Waals surface area contributed by atoms with E-state index in [9.17, 15) is 4.79 Å². The molecule has 1 saturated carbocycles. The Morgan fingerprint density at radius 1 is 1.13 bits per heavy atom. The van der Waals surface area contributed by atoms with E-state index in [1.54, 1.807) is 18.5 Å². The second-order valence-corrected chi connectivity index (χ2v) is 8.25. The second-order valence-electron chi connectivity index (χ2n) is 8.25. The van der Waals surface area contributed by atoms with Crippen molar-refractivity contribution in [2.75, 3.05) is 5.32 Å². The minimum atomic E-state index is 0.109. The minimum absolute atomic E-state index is 0.109. The van der Waals surface area contributed by atoms with Gasteiger partial charge in [-0.3, -0.25) is 9.78 Å². The fraction of sp³-hybridized carbons (Fsp3) is 0.360. The highest BCUT2D eigenvalue weighted by Gasteiger charge is 2.22. The van der Waals surface area contributed by atoms with Crippen LogP contribution in [0.3, 0.4) is 0 Å². The Morgan fingerprint density at radius 2 is 1.90 bits per heavy atom. The lowest BCUT2D eigenvalue weighted by Gasteiger charge is -2.29. The number of hydrogen-bond donors (Lipinski definition) is 2. The van der Waals surface area contributed by atoms with Crippen molar-refractivity contribution in [2.24, 2.45) is 5.73 Å². The quantitative estimate of drug-likeness (QED) is 0.561. The molecule has 1 aliphatic carbocycles. The number of fused-ring (bicyclic) bond motifs is 1. The number of carbonyl (C=O) groups is 1. The molecule has 0 radical (unpaired) electrons. The molecule has 0 spiro atoms. The zero-order valence-corrected chi connectivity index (χ0v) is 17.8. The smallest absolute Gasteiger partial charge is 0.166 e. The van der Waals surface area contributed by atoms with Crippen LogP contribution in [0.25, 0.3) is 22.0 Å². The van der Waals surface area contributed by atoms with Gasteiger partial charge in [-0.05, 0) is 61.9 Å². The molecule has 2 heterocycles. The van der Waals surface area contributed by atoms with Crippen LogP contribution in [-0.4, -0.2) is 27.8 Å². The summed E-state index contributed by atoms with van der Waals surface area (Å²) in [6.45, 7) is 2.01. The zero-order valence-electron chi connectivity index (χ0n) is 17.8. The van der Waals surface area contributed by atoms with Crippen LogP contribution in [0.5, 0.6) is 0 Å². The van der Waals surface area contributed by atoms with Gasteiger partial charge >= 0.3 is 0 Å². The molecule has 31 heavy (non-hydrogen) atoms. The van der Waals surface area contributed by atoms with Crippen LogP contribution in [-0.2, 0) is 0 Å². The molecule has 0 saturated heterocycles. The molecule has 2 aromatic heterocycles. The highest BCUT2D eigenvalue weighted by atomic mass is 16.1. The number of hydrogen-bond acceptors (Lipinski definition) is 6. The number of nitrogens with one attached hydrogen (secondary N) is 1. The molecule has 6 heteroatoms. The van der Waals surface area contributed by atoms with Gasteiger partial charge in [0.25, 0.3) is 0 Å². The Balaban J connectivity index is 1.79. The molecule has 0 atom stereocenters. The maximum atomic E-state index is 12.9. The molecule has 1 aromatic carbocycles.